The lowest BCUT2D eigenvalue weighted by Crippen LogP contribution is -2.19. The molecule has 1 unspecified atom stereocenters. The monoisotopic (exact) mass is 267 g/mol. The summed E-state index contributed by atoms with van der Waals surface area (Å²) in [6.45, 7) is 1.13. The van der Waals surface area contributed by atoms with Gasteiger partial charge in [0.25, 0.3) is 5.56 Å². The van der Waals surface area contributed by atoms with Crippen LogP contribution in [-0.4, -0.2) is 46.4 Å². The maximum absolute atomic E-state index is 11.6. The number of aromatic amines is 1. The molecule has 2 rings (SSSR count). The Morgan fingerprint density at radius 3 is 3.00 bits per heavy atom. The Balaban J connectivity index is 2.19. The quantitative estimate of drug-likeness (QED) is 0.747. The third-order valence-corrected chi connectivity index (χ3v) is 2.87. The number of nitrogens with zero attached hydrogens (tertiary/aromatic N) is 3. The Bertz CT molecular complexity index is 606. The first-order chi connectivity index (χ1) is 9.15. The number of nitrogens with one attached hydrogen (secondary N) is 1. The zero-order valence-electron chi connectivity index (χ0n) is 10.9. The second-order valence-electron chi connectivity index (χ2n) is 4.16. The molecule has 0 aromatic carbocycles. The van der Waals surface area contributed by atoms with Gasteiger partial charge in [-0.1, -0.05) is 0 Å². The van der Waals surface area contributed by atoms with Crippen molar-refractivity contribution in [3.8, 4) is 0 Å². The summed E-state index contributed by atoms with van der Waals surface area (Å²) in [5.41, 5.74) is 5.97. The van der Waals surface area contributed by atoms with Crippen LogP contribution in [0.4, 0.5) is 5.95 Å². The average Bonchev–Trinajstić information content (AvgIpc) is 2.78. The molecule has 2 heterocycles. The number of nitrogens with two attached hydrogens (primary N) is 1. The lowest BCUT2D eigenvalue weighted by molar-refractivity contribution is 0.0212. The second kappa shape index (κ2) is 5.81. The predicted octanol–water partition coefficient (Wildman–Crippen LogP) is -0.247. The molecule has 0 saturated heterocycles. The van der Waals surface area contributed by atoms with Crippen molar-refractivity contribution in [3.63, 3.8) is 0 Å². The minimum absolute atomic E-state index is 0.0122. The first kappa shape index (κ1) is 13.5. The minimum atomic E-state index is -0.332. The largest absolute Gasteiger partial charge is 0.382 e. The van der Waals surface area contributed by atoms with E-state index in [4.69, 9.17) is 15.2 Å². The van der Waals surface area contributed by atoms with Gasteiger partial charge < -0.3 is 19.8 Å². The van der Waals surface area contributed by atoms with Gasteiger partial charge in [-0.15, -0.1) is 0 Å². The molecule has 0 fully saturated rings. The van der Waals surface area contributed by atoms with Gasteiger partial charge in [-0.3, -0.25) is 9.78 Å². The van der Waals surface area contributed by atoms with Crippen molar-refractivity contribution >= 4 is 17.1 Å². The van der Waals surface area contributed by atoms with Gasteiger partial charge in [0.15, 0.2) is 11.2 Å². The second-order valence-corrected chi connectivity index (χ2v) is 4.16. The smallest absolute Gasteiger partial charge is 0.280 e. The molecule has 19 heavy (non-hydrogen) atoms. The van der Waals surface area contributed by atoms with Gasteiger partial charge in [0.2, 0.25) is 5.95 Å². The molecule has 0 bridgehead atoms. The molecule has 104 valence electrons. The predicted molar refractivity (Wildman–Crippen MR) is 69.9 cm³/mol. The van der Waals surface area contributed by atoms with Crippen LogP contribution in [0.5, 0.6) is 0 Å². The zero-order valence-corrected chi connectivity index (χ0v) is 10.9. The maximum atomic E-state index is 11.6. The van der Waals surface area contributed by atoms with E-state index < -0.39 is 0 Å². The molecular weight excluding hydrogens is 250 g/mol. The fourth-order valence-corrected chi connectivity index (χ4v) is 1.87. The molecule has 0 radical (unpaired) electrons. The third-order valence-electron chi connectivity index (χ3n) is 2.87. The number of H-pyrrole nitrogens is 1. The fraction of sp³-hybridized carbons (Fsp3) is 0.545. The summed E-state index contributed by atoms with van der Waals surface area (Å²) in [5, 5.41) is 0. The van der Waals surface area contributed by atoms with Crippen molar-refractivity contribution in [1.82, 2.24) is 19.5 Å². The Morgan fingerprint density at radius 1 is 1.53 bits per heavy atom. The van der Waals surface area contributed by atoms with Crippen LogP contribution in [0, 0.1) is 0 Å². The zero-order chi connectivity index (χ0) is 13.8. The molecule has 0 spiro atoms. The van der Waals surface area contributed by atoms with E-state index in [1.807, 2.05) is 0 Å². The van der Waals surface area contributed by atoms with Crippen LogP contribution in [0.3, 0.4) is 0 Å². The van der Waals surface area contributed by atoms with E-state index in [1.165, 1.54) is 0 Å². The number of aryl methyl sites for hydroxylation is 1. The van der Waals surface area contributed by atoms with Gasteiger partial charge >= 0.3 is 0 Å². The van der Waals surface area contributed by atoms with Crippen molar-refractivity contribution in [2.24, 2.45) is 0 Å². The van der Waals surface area contributed by atoms with Crippen LogP contribution in [-0.2, 0) is 16.0 Å². The summed E-state index contributed by atoms with van der Waals surface area (Å²) in [7, 11) is 3.26. The third kappa shape index (κ3) is 2.91. The molecule has 1 atom stereocenters. The van der Waals surface area contributed by atoms with Crippen LogP contribution in [0.15, 0.2) is 11.1 Å². The number of hydrogen-bond acceptors (Lipinski definition) is 6. The van der Waals surface area contributed by atoms with Crippen LogP contribution < -0.4 is 11.3 Å². The molecule has 0 aliphatic heterocycles. The topological polar surface area (TPSA) is 108 Å². The molecular formula is C11H17N5O3. The van der Waals surface area contributed by atoms with Gasteiger partial charge in [-0.2, -0.15) is 4.98 Å². The summed E-state index contributed by atoms with van der Waals surface area (Å²) in [6.07, 6.45) is 2.29. The first-order valence-electron chi connectivity index (χ1n) is 5.88. The van der Waals surface area contributed by atoms with Crippen molar-refractivity contribution in [3.05, 3.63) is 16.7 Å². The van der Waals surface area contributed by atoms with Crippen molar-refractivity contribution in [2.45, 2.75) is 19.1 Å². The molecule has 0 amide bonds. The number of anilines is 1. The highest BCUT2D eigenvalue weighted by molar-refractivity contribution is 5.70. The van der Waals surface area contributed by atoms with Gasteiger partial charge in [0.05, 0.1) is 19.0 Å². The van der Waals surface area contributed by atoms with Crippen LogP contribution in [0.1, 0.15) is 6.42 Å². The van der Waals surface area contributed by atoms with Gasteiger partial charge in [-0.05, 0) is 6.42 Å². The van der Waals surface area contributed by atoms with E-state index in [-0.39, 0.29) is 23.1 Å². The fourth-order valence-electron chi connectivity index (χ4n) is 1.87. The molecule has 2 aromatic heterocycles. The SMILES string of the molecule is COCC(CCn1cnc2c(=O)[nH]c(N)nc21)OC. The van der Waals surface area contributed by atoms with Crippen LogP contribution in [0.2, 0.25) is 0 Å². The number of hydrogen-bond donors (Lipinski definition) is 2. The normalized spacial score (nSPS) is 12.9. The number of nitrogen functional groups attached to an aromatic ring is 1. The Kier molecular flexibility index (Phi) is 4.13. The first-order valence-corrected chi connectivity index (χ1v) is 5.88. The summed E-state index contributed by atoms with van der Waals surface area (Å²) in [6, 6.07) is 0. The van der Waals surface area contributed by atoms with E-state index in [0.717, 1.165) is 6.42 Å². The Labute approximate surface area is 109 Å². The van der Waals surface area contributed by atoms with Crippen molar-refractivity contribution < 1.29 is 9.47 Å². The summed E-state index contributed by atoms with van der Waals surface area (Å²) < 4.78 is 12.1. The molecule has 3 N–H and O–H groups in total. The van der Waals surface area contributed by atoms with E-state index in [0.29, 0.717) is 18.8 Å². The van der Waals surface area contributed by atoms with Crippen LogP contribution >= 0.6 is 0 Å². The lowest BCUT2D eigenvalue weighted by Gasteiger charge is -2.14. The summed E-state index contributed by atoms with van der Waals surface area (Å²) in [5.74, 6) is 0.0828. The number of methoxy groups -OCH3 is 2. The molecule has 0 aliphatic rings. The van der Waals surface area contributed by atoms with E-state index >= 15 is 0 Å². The molecule has 8 nitrogen and oxygen atoms in total. The molecule has 2 aromatic rings. The highest BCUT2D eigenvalue weighted by Gasteiger charge is 2.11. The maximum Gasteiger partial charge on any atom is 0.280 e. The molecule has 0 saturated carbocycles. The number of imidazole rings is 1. The highest BCUT2D eigenvalue weighted by atomic mass is 16.5. The highest BCUT2D eigenvalue weighted by Crippen LogP contribution is 2.09. The Hall–Kier alpha value is -1.93. The number of aromatic nitrogens is 4. The average molecular weight is 267 g/mol. The van der Waals surface area contributed by atoms with Crippen LogP contribution in [0.25, 0.3) is 11.2 Å². The number of rotatable bonds is 6. The van der Waals surface area contributed by atoms with E-state index in [2.05, 4.69) is 15.0 Å². The molecule has 8 heteroatoms. The van der Waals surface area contributed by atoms with E-state index in [9.17, 15) is 4.79 Å². The van der Waals surface area contributed by atoms with Gasteiger partial charge in [-0.25, -0.2) is 4.98 Å². The van der Waals surface area contributed by atoms with Gasteiger partial charge in [0.1, 0.15) is 0 Å². The molecule has 0 aliphatic carbocycles. The lowest BCUT2D eigenvalue weighted by atomic mass is 10.2. The summed E-state index contributed by atoms with van der Waals surface area (Å²) in [4.78, 5) is 22.2. The number of fused-ring (bicyclic) bond motifs is 1. The minimum Gasteiger partial charge on any atom is -0.382 e. The van der Waals surface area contributed by atoms with E-state index in [1.54, 1.807) is 25.1 Å². The van der Waals surface area contributed by atoms with Crippen molar-refractivity contribution in [2.75, 3.05) is 26.6 Å². The standard InChI is InChI=1S/C11H17N5O3/c1-18-5-7(19-2)3-4-16-6-13-8-9(16)14-11(12)15-10(8)17/h6-7H,3-5H2,1-2H3,(H3,12,14,15,17). The van der Waals surface area contributed by atoms with Gasteiger partial charge in [0, 0.05) is 20.8 Å². The Morgan fingerprint density at radius 2 is 2.32 bits per heavy atom. The summed E-state index contributed by atoms with van der Waals surface area (Å²) >= 11 is 0. The number of ether oxygens (including phenoxy) is 2. The van der Waals surface area contributed by atoms with Crippen molar-refractivity contribution in [1.29, 1.82) is 0 Å².